The van der Waals surface area contributed by atoms with Crippen molar-refractivity contribution in [3.63, 3.8) is 0 Å². The van der Waals surface area contributed by atoms with Gasteiger partial charge in [-0.1, -0.05) is 19.9 Å². The normalized spacial score (nSPS) is 11.6. The highest BCUT2D eigenvalue weighted by molar-refractivity contribution is 5.93. The number of amides is 1. The third kappa shape index (κ3) is 2.67. The van der Waals surface area contributed by atoms with Gasteiger partial charge in [0.1, 0.15) is 0 Å². The number of hydrogen-bond acceptors (Lipinski definition) is 2. The molecule has 1 amide bonds. The standard InChI is InChI=1S/C15H19N3O/c1-11(2)15-12(8-9-14(19)17(3)4)13-7-5-6-10-18(13)16-15/h5-11H,1-4H3. The lowest BCUT2D eigenvalue weighted by molar-refractivity contribution is -0.123. The van der Waals surface area contributed by atoms with E-state index in [-0.39, 0.29) is 5.91 Å². The molecule has 0 saturated heterocycles. The number of nitrogens with zero attached hydrogens (tertiary/aromatic N) is 3. The van der Waals surface area contributed by atoms with Gasteiger partial charge in [0.2, 0.25) is 5.91 Å². The van der Waals surface area contributed by atoms with Crippen LogP contribution in [0, 0.1) is 0 Å². The summed E-state index contributed by atoms with van der Waals surface area (Å²) in [6.07, 6.45) is 5.38. The number of fused-ring (bicyclic) bond motifs is 1. The van der Waals surface area contributed by atoms with Crippen LogP contribution in [0.25, 0.3) is 11.6 Å². The maximum atomic E-state index is 11.7. The Kier molecular flexibility index (Phi) is 3.69. The summed E-state index contributed by atoms with van der Waals surface area (Å²) in [5.74, 6) is 0.291. The first kappa shape index (κ1) is 13.3. The summed E-state index contributed by atoms with van der Waals surface area (Å²) in [4.78, 5) is 13.2. The van der Waals surface area contributed by atoms with Crippen LogP contribution in [-0.2, 0) is 4.79 Å². The second-order valence-corrected chi connectivity index (χ2v) is 5.05. The number of pyridine rings is 1. The van der Waals surface area contributed by atoms with Crippen molar-refractivity contribution < 1.29 is 4.79 Å². The third-order valence-electron chi connectivity index (χ3n) is 2.99. The highest BCUT2D eigenvalue weighted by Crippen LogP contribution is 2.23. The molecule has 0 saturated carbocycles. The SMILES string of the molecule is CC(C)c1nn2ccccc2c1C=CC(=O)N(C)C. The molecular weight excluding hydrogens is 238 g/mol. The Hall–Kier alpha value is -2.10. The van der Waals surface area contributed by atoms with Crippen LogP contribution in [0.2, 0.25) is 0 Å². The zero-order chi connectivity index (χ0) is 14.0. The van der Waals surface area contributed by atoms with E-state index >= 15 is 0 Å². The molecule has 0 radical (unpaired) electrons. The van der Waals surface area contributed by atoms with E-state index in [0.717, 1.165) is 16.8 Å². The number of carbonyl (C=O) groups excluding carboxylic acids is 1. The second kappa shape index (κ2) is 5.26. The monoisotopic (exact) mass is 257 g/mol. The number of hydrogen-bond donors (Lipinski definition) is 0. The highest BCUT2D eigenvalue weighted by Gasteiger charge is 2.13. The number of carbonyl (C=O) groups is 1. The minimum Gasteiger partial charge on any atom is -0.345 e. The summed E-state index contributed by atoms with van der Waals surface area (Å²) in [5, 5.41) is 4.58. The van der Waals surface area contributed by atoms with Gasteiger partial charge < -0.3 is 4.90 Å². The van der Waals surface area contributed by atoms with Gasteiger partial charge in [-0.05, 0) is 24.1 Å². The lowest BCUT2D eigenvalue weighted by Crippen LogP contribution is -2.18. The second-order valence-electron chi connectivity index (χ2n) is 5.05. The summed E-state index contributed by atoms with van der Waals surface area (Å²) in [7, 11) is 3.48. The van der Waals surface area contributed by atoms with Gasteiger partial charge in [0.15, 0.2) is 0 Å². The fraction of sp³-hybridized carbons (Fsp3) is 0.333. The first-order chi connectivity index (χ1) is 9.00. The highest BCUT2D eigenvalue weighted by atomic mass is 16.2. The molecule has 0 spiro atoms. The van der Waals surface area contributed by atoms with Crippen molar-refractivity contribution >= 4 is 17.5 Å². The quantitative estimate of drug-likeness (QED) is 0.792. The zero-order valence-electron chi connectivity index (χ0n) is 11.8. The Morgan fingerprint density at radius 2 is 2.11 bits per heavy atom. The van der Waals surface area contributed by atoms with Crippen molar-refractivity contribution in [1.29, 1.82) is 0 Å². The average molecular weight is 257 g/mol. The largest absolute Gasteiger partial charge is 0.345 e. The molecular formula is C15H19N3O. The van der Waals surface area contributed by atoms with Crippen molar-refractivity contribution in [1.82, 2.24) is 14.5 Å². The summed E-state index contributed by atoms with van der Waals surface area (Å²) in [6.45, 7) is 4.21. The van der Waals surface area contributed by atoms with Crippen LogP contribution in [0.4, 0.5) is 0 Å². The molecule has 2 rings (SSSR count). The molecule has 0 fully saturated rings. The summed E-state index contributed by atoms with van der Waals surface area (Å²) < 4.78 is 1.86. The van der Waals surface area contributed by atoms with Gasteiger partial charge >= 0.3 is 0 Å². The first-order valence-electron chi connectivity index (χ1n) is 6.37. The van der Waals surface area contributed by atoms with Gasteiger partial charge in [-0.3, -0.25) is 4.79 Å². The van der Waals surface area contributed by atoms with E-state index < -0.39 is 0 Å². The molecule has 2 aromatic heterocycles. The number of aromatic nitrogens is 2. The molecule has 100 valence electrons. The Morgan fingerprint density at radius 1 is 1.37 bits per heavy atom. The van der Waals surface area contributed by atoms with Crippen molar-refractivity contribution in [2.24, 2.45) is 0 Å². The smallest absolute Gasteiger partial charge is 0.246 e. The van der Waals surface area contributed by atoms with Crippen molar-refractivity contribution in [2.75, 3.05) is 14.1 Å². The van der Waals surface area contributed by atoms with E-state index in [1.165, 1.54) is 0 Å². The van der Waals surface area contributed by atoms with E-state index in [2.05, 4.69) is 18.9 Å². The topological polar surface area (TPSA) is 37.6 Å². The molecule has 0 atom stereocenters. The van der Waals surface area contributed by atoms with Crippen molar-refractivity contribution in [3.05, 3.63) is 41.7 Å². The maximum absolute atomic E-state index is 11.7. The lowest BCUT2D eigenvalue weighted by Gasteiger charge is -2.05. The average Bonchev–Trinajstić information content (AvgIpc) is 2.74. The first-order valence-corrected chi connectivity index (χ1v) is 6.37. The van der Waals surface area contributed by atoms with Crippen LogP contribution in [-0.4, -0.2) is 34.5 Å². The van der Waals surface area contributed by atoms with E-state index in [0.29, 0.717) is 5.92 Å². The molecule has 0 unspecified atom stereocenters. The molecule has 0 aliphatic heterocycles. The number of rotatable bonds is 3. The van der Waals surface area contributed by atoms with E-state index in [1.54, 1.807) is 25.1 Å². The molecule has 0 aliphatic rings. The number of likely N-dealkylation sites (N-methyl/N-ethyl adjacent to an activating group) is 1. The fourth-order valence-electron chi connectivity index (χ4n) is 1.94. The molecule has 2 heterocycles. The minimum atomic E-state index is -0.0232. The molecule has 2 aromatic rings. The Balaban J connectivity index is 2.51. The van der Waals surface area contributed by atoms with Gasteiger partial charge in [-0.15, -0.1) is 0 Å². The predicted molar refractivity (Wildman–Crippen MR) is 77.0 cm³/mol. The fourth-order valence-corrected chi connectivity index (χ4v) is 1.94. The summed E-state index contributed by atoms with van der Waals surface area (Å²) in [6, 6.07) is 5.94. The third-order valence-corrected chi connectivity index (χ3v) is 2.99. The van der Waals surface area contributed by atoms with Crippen LogP contribution < -0.4 is 0 Å². The van der Waals surface area contributed by atoms with Crippen molar-refractivity contribution in [2.45, 2.75) is 19.8 Å². The Labute approximate surface area is 113 Å². The molecule has 19 heavy (non-hydrogen) atoms. The van der Waals surface area contributed by atoms with Gasteiger partial charge in [0.05, 0.1) is 11.2 Å². The van der Waals surface area contributed by atoms with Crippen LogP contribution in [0.3, 0.4) is 0 Å². The molecule has 4 heteroatoms. The zero-order valence-corrected chi connectivity index (χ0v) is 11.8. The van der Waals surface area contributed by atoms with Crippen LogP contribution in [0.5, 0.6) is 0 Å². The van der Waals surface area contributed by atoms with Crippen LogP contribution in [0.1, 0.15) is 31.0 Å². The molecule has 4 nitrogen and oxygen atoms in total. The van der Waals surface area contributed by atoms with E-state index in [4.69, 9.17) is 0 Å². The minimum absolute atomic E-state index is 0.0232. The summed E-state index contributed by atoms with van der Waals surface area (Å²) >= 11 is 0. The Bertz CT molecular complexity index is 623. The summed E-state index contributed by atoms with van der Waals surface area (Å²) in [5.41, 5.74) is 3.05. The van der Waals surface area contributed by atoms with Gasteiger partial charge in [-0.25, -0.2) is 4.52 Å². The predicted octanol–water partition coefficient (Wildman–Crippen LogP) is 2.56. The molecule has 0 aliphatic carbocycles. The molecule has 0 aromatic carbocycles. The van der Waals surface area contributed by atoms with E-state index in [1.807, 2.05) is 35.0 Å². The van der Waals surface area contributed by atoms with Gasteiger partial charge in [0, 0.05) is 31.9 Å². The lowest BCUT2D eigenvalue weighted by atomic mass is 10.0. The van der Waals surface area contributed by atoms with Crippen LogP contribution in [0.15, 0.2) is 30.5 Å². The van der Waals surface area contributed by atoms with Gasteiger partial charge in [0.25, 0.3) is 0 Å². The Morgan fingerprint density at radius 3 is 2.74 bits per heavy atom. The molecule has 0 bridgehead atoms. The van der Waals surface area contributed by atoms with Gasteiger partial charge in [-0.2, -0.15) is 5.10 Å². The van der Waals surface area contributed by atoms with E-state index in [9.17, 15) is 4.79 Å². The van der Waals surface area contributed by atoms with Crippen molar-refractivity contribution in [3.8, 4) is 0 Å². The maximum Gasteiger partial charge on any atom is 0.246 e. The van der Waals surface area contributed by atoms with Crippen LogP contribution >= 0.6 is 0 Å². The molecule has 0 N–H and O–H groups in total.